The summed E-state index contributed by atoms with van der Waals surface area (Å²) in [6.07, 6.45) is 2.55. The second-order valence-electron chi connectivity index (χ2n) is 13.5. The molecule has 6 rings (SSSR count). The summed E-state index contributed by atoms with van der Waals surface area (Å²) in [4.78, 5) is 31.7. The van der Waals surface area contributed by atoms with Crippen molar-refractivity contribution in [2.75, 3.05) is 57.1 Å². The maximum absolute atomic E-state index is 15.2. The minimum absolute atomic E-state index is 0.0294. The zero-order valence-corrected chi connectivity index (χ0v) is 31.6. The highest BCUT2D eigenvalue weighted by Gasteiger charge is 2.22. The Morgan fingerprint density at radius 3 is 2.39 bits per heavy atom. The van der Waals surface area contributed by atoms with Crippen molar-refractivity contribution in [3.63, 3.8) is 0 Å². The molecule has 54 heavy (non-hydrogen) atoms. The molecule has 1 fully saturated rings. The topological polar surface area (TPSA) is 140 Å². The van der Waals surface area contributed by atoms with Crippen molar-refractivity contribution in [1.82, 2.24) is 29.9 Å². The number of benzene rings is 3. The van der Waals surface area contributed by atoms with E-state index in [-0.39, 0.29) is 23.1 Å². The molecule has 0 aliphatic carbocycles. The second kappa shape index (κ2) is 17.5. The molecular formula is C40H47FN8O5. The number of carbonyl (C=O) groups excluding carboxylic acids is 1. The average molecular weight is 739 g/mol. The molecule has 0 unspecified atom stereocenters. The number of aromatic nitrogens is 4. The van der Waals surface area contributed by atoms with E-state index in [4.69, 9.17) is 18.7 Å². The van der Waals surface area contributed by atoms with Crippen molar-refractivity contribution in [2.45, 2.75) is 53.5 Å². The van der Waals surface area contributed by atoms with E-state index < -0.39 is 11.7 Å². The molecule has 14 heteroatoms. The van der Waals surface area contributed by atoms with Gasteiger partial charge in [-0.1, -0.05) is 29.4 Å². The third kappa shape index (κ3) is 9.68. The summed E-state index contributed by atoms with van der Waals surface area (Å²) in [5.74, 6) is 1.11. The van der Waals surface area contributed by atoms with Crippen molar-refractivity contribution in [3.05, 3.63) is 101 Å². The number of amides is 1. The molecule has 2 N–H and O–H groups in total. The monoisotopic (exact) mass is 738 g/mol. The molecule has 0 spiro atoms. The first-order chi connectivity index (χ1) is 26.1. The number of halogens is 1. The molecule has 1 amide bonds. The SMILES string of the molecule is COc1cc(CCc2nc(C)no2)ccc1Oc1nc(Nc2ccc(OCCN3CCN(C(C)C)CC3)c(F)c2)ncc1C(=O)Nc1c(C)cccc1C. The Kier molecular flexibility index (Phi) is 12.3. The number of hydrogen-bond donors (Lipinski definition) is 2. The maximum atomic E-state index is 15.2. The third-order valence-corrected chi connectivity index (χ3v) is 9.34. The van der Waals surface area contributed by atoms with Gasteiger partial charge in [-0.25, -0.2) is 9.37 Å². The van der Waals surface area contributed by atoms with Crippen LogP contribution < -0.4 is 24.8 Å². The standard InChI is InChI=1S/C40H47FN8O5/c1-25(2)49-18-16-48(17-19-49)20-21-52-33-14-12-30(23-32(33)41)44-40-42-24-31(38(50)45-37-26(3)8-7-9-27(37)4)39(46-40)53-34-13-10-29(22-35(34)51-6)11-15-36-43-28(5)47-54-36/h7-10,12-14,22-25H,11,15-21H2,1-6H3,(H,45,50)(H,42,44,46). The van der Waals surface area contributed by atoms with E-state index in [1.807, 2.05) is 44.2 Å². The Hall–Kier alpha value is -5.60. The number of ether oxygens (including phenoxy) is 3. The van der Waals surface area contributed by atoms with Gasteiger partial charge in [0.1, 0.15) is 12.2 Å². The maximum Gasteiger partial charge on any atom is 0.262 e. The van der Waals surface area contributed by atoms with Crippen LogP contribution in [-0.2, 0) is 12.8 Å². The Bertz CT molecular complexity index is 2040. The minimum Gasteiger partial charge on any atom is -0.493 e. The van der Waals surface area contributed by atoms with E-state index in [9.17, 15) is 4.79 Å². The summed E-state index contributed by atoms with van der Waals surface area (Å²) in [6, 6.07) is 16.3. The van der Waals surface area contributed by atoms with Gasteiger partial charge in [-0.3, -0.25) is 14.6 Å². The van der Waals surface area contributed by atoms with Gasteiger partial charge in [0.05, 0.1) is 7.11 Å². The largest absolute Gasteiger partial charge is 0.493 e. The van der Waals surface area contributed by atoms with Gasteiger partial charge in [-0.05, 0) is 82.0 Å². The van der Waals surface area contributed by atoms with Crippen LogP contribution in [-0.4, -0.2) is 88.3 Å². The van der Waals surface area contributed by atoms with Crippen LogP contribution in [0.3, 0.4) is 0 Å². The summed E-state index contributed by atoms with van der Waals surface area (Å²) in [6.45, 7) is 15.1. The molecule has 3 heterocycles. The van der Waals surface area contributed by atoms with Crippen molar-refractivity contribution < 1.29 is 27.9 Å². The highest BCUT2D eigenvalue weighted by atomic mass is 19.1. The van der Waals surface area contributed by atoms with Gasteiger partial charge in [0.25, 0.3) is 5.91 Å². The minimum atomic E-state index is -0.523. The van der Waals surface area contributed by atoms with E-state index in [1.165, 1.54) is 19.4 Å². The summed E-state index contributed by atoms with van der Waals surface area (Å²) in [5, 5.41) is 9.86. The highest BCUT2D eigenvalue weighted by Crippen LogP contribution is 2.35. The number of nitrogens with one attached hydrogen (secondary N) is 2. The number of para-hydroxylation sites is 1. The fourth-order valence-corrected chi connectivity index (χ4v) is 6.21. The predicted octanol–water partition coefficient (Wildman–Crippen LogP) is 6.91. The molecule has 0 bridgehead atoms. The normalized spacial score (nSPS) is 13.6. The lowest BCUT2D eigenvalue weighted by molar-refractivity contribution is 0.0965. The van der Waals surface area contributed by atoms with Crippen LogP contribution in [0.15, 0.2) is 65.3 Å². The summed E-state index contributed by atoms with van der Waals surface area (Å²) in [5.41, 5.74) is 3.91. The lowest BCUT2D eigenvalue weighted by Gasteiger charge is -2.36. The molecule has 1 aliphatic rings. The zero-order valence-electron chi connectivity index (χ0n) is 31.6. The van der Waals surface area contributed by atoms with Crippen molar-refractivity contribution in [3.8, 4) is 23.1 Å². The fraction of sp³-hybridized carbons (Fsp3) is 0.375. The first-order valence-electron chi connectivity index (χ1n) is 18.1. The van der Waals surface area contributed by atoms with Crippen LogP contribution in [0.1, 0.15) is 52.6 Å². The zero-order chi connectivity index (χ0) is 38.2. The summed E-state index contributed by atoms with van der Waals surface area (Å²) < 4.78 is 38.2. The predicted molar refractivity (Wildman–Crippen MR) is 204 cm³/mol. The summed E-state index contributed by atoms with van der Waals surface area (Å²) >= 11 is 0. The van der Waals surface area contributed by atoms with E-state index in [0.717, 1.165) is 49.4 Å². The van der Waals surface area contributed by atoms with Gasteiger partial charge in [0, 0.05) is 68.8 Å². The fourth-order valence-electron chi connectivity index (χ4n) is 6.21. The first-order valence-corrected chi connectivity index (χ1v) is 18.1. The number of anilines is 3. The van der Waals surface area contributed by atoms with E-state index >= 15 is 4.39 Å². The quantitative estimate of drug-likeness (QED) is 0.115. The number of piperazine rings is 1. The first kappa shape index (κ1) is 38.1. The molecule has 0 radical (unpaired) electrons. The van der Waals surface area contributed by atoms with Gasteiger partial charge in [0.2, 0.25) is 17.7 Å². The van der Waals surface area contributed by atoms with Gasteiger partial charge in [-0.15, -0.1) is 0 Å². The number of nitrogens with zero attached hydrogens (tertiary/aromatic N) is 6. The number of methoxy groups -OCH3 is 1. The average Bonchev–Trinajstić information content (AvgIpc) is 3.58. The third-order valence-electron chi connectivity index (χ3n) is 9.34. The number of hydrogen-bond acceptors (Lipinski definition) is 12. The van der Waals surface area contributed by atoms with Gasteiger partial charge >= 0.3 is 0 Å². The van der Waals surface area contributed by atoms with Crippen LogP contribution >= 0.6 is 0 Å². The molecule has 0 atom stereocenters. The van der Waals surface area contributed by atoms with Gasteiger partial charge in [-0.2, -0.15) is 9.97 Å². The van der Waals surface area contributed by atoms with Crippen LogP contribution in [0, 0.1) is 26.6 Å². The Labute approximate surface area is 314 Å². The molecule has 5 aromatic rings. The lowest BCUT2D eigenvalue weighted by atomic mass is 10.1. The van der Waals surface area contributed by atoms with E-state index in [0.29, 0.717) is 60.1 Å². The van der Waals surface area contributed by atoms with Crippen molar-refractivity contribution in [2.24, 2.45) is 0 Å². The number of carbonyl (C=O) groups is 1. The second-order valence-corrected chi connectivity index (χ2v) is 13.5. The molecule has 1 aliphatic heterocycles. The van der Waals surface area contributed by atoms with Crippen molar-refractivity contribution in [1.29, 1.82) is 0 Å². The summed E-state index contributed by atoms with van der Waals surface area (Å²) in [7, 11) is 1.53. The molecule has 1 saturated heterocycles. The molecule has 3 aromatic carbocycles. The van der Waals surface area contributed by atoms with Crippen molar-refractivity contribution >= 4 is 23.2 Å². The van der Waals surface area contributed by atoms with Crippen LogP contribution in [0.4, 0.5) is 21.7 Å². The molecular weight excluding hydrogens is 691 g/mol. The molecule has 0 saturated carbocycles. The molecule has 2 aromatic heterocycles. The number of aryl methyl sites for hydroxylation is 5. The molecule has 284 valence electrons. The van der Waals surface area contributed by atoms with E-state index in [1.54, 1.807) is 25.1 Å². The number of rotatable bonds is 15. The van der Waals surface area contributed by atoms with Crippen LogP contribution in [0.2, 0.25) is 0 Å². The smallest absolute Gasteiger partial charge is 0.262 e. The van der Waals surface area contributed by atoms with Crippen LogP contribution in [0.5, 0.6) is 23.1 Å². The Morgan fingerprint density at radius 1 is 0.944 bits per heavy atom. The Balaban J connectivity index is 1.18. The molecule has 13 nitrogen and oxygen atoms in total. The highest BCUT2D eigenvalue weighted by molar-refractivity contribution is 6.06. The Morgan fingerprint density at radius 2 is 1.70 bits per heavy atom. The van der Waals surface area contributed by atoms with E-state index in [2.05, 4.69) is 54.4 Å². The van der Waals surface area contributed by atoms with Gasteiger partial charge < -0.3 is 29.4 Å². The van der Waals surface area contributed by atoms with Crippen LogP contribution in [0.25, 0.3) is 0 Å². The van der Waals surface area contributed by atoms with Gasteiger partial charge in [0.15, 0.2) is 28.9 Å². The lowest BCUT2D eigenvalue weighted by Crippen LogP contribution is -2.49.